The molecule has 0 aliphatic carbocycles. The van der Waals surface area contributed by atoms with E-state index in [9.17, 15) is 0 Å². The van der Waals surface area contributed by atoms with Gasteiger partial charge in [0.1, 0.15) is 5.82 Å². The van der Waals surface area contributed by atoms with E-state index in [0.29, 0.717) is 28.6 Å². The highest BCUT2D eigenvalue weighted by Crippen LogP contribution is 2.31. The standard InChI is InChI=1S/C15H14ClN5/c16-11-5-9(7-17)1-2-14(11)21-4-3-13-10(8-21)6-12(18)15(19)20-13/h1-2,5-6H,3-4,8,18H2,(H2,19,20). The van der Waals surface area contributed by atoms with E-state index < -0.39 is 0 Å². The van der Waals surface area contributed by atoms with Gasteiger partial charge in [-0.15, -0.1) is 0 Å². The fourth-order valence-electron chi connectivity index (χ4n) is 2.54. The second-order valence-electron chi connectivity index (χ2n) is 5.02. The lowest BCUT2D eigenvalue weighted by Crippen LogP contribution is -2.31. The molecule has 0 unspecified atom stereocenters. The monoisotopic (exact) mass is 299 g/mol. The van der Waals surface area contributed by atoms with Crippen LogP contribution in [0.5, 0.6) is 0 Å². The van der Waals surface area contributed by atoms with Crippen LogP contribution in [0.1, 0.15) is 16.8 Å². The summed E-state index contributed by atoms with van der Waals surface area (Å²) in [6.07, 6.45) is 0.788. The summed E-state index contributed by atoms with van der Waals surface area (Å²) in [4.78, 5) is 6.50. The Labute approximate surface area is 127 Å². The first-order valence-electron chi connectivity index (χ1n) is 6.57. The van der Waals surface area contributed by atoms with Gasteiger partial charge >= 0.3 is 0 Å². The maximum Gasteiger partial charge on any atom is 0.146 e. The normalized spacial score (nSPS) is 13.6. The maximum absolute atomic E-state index is 8.89. The second kappa shape index (κ2) is 5.15. The minimum absolute atomic E-state index is 0.388. The molecule has 0 fully saturated rings. The molecular formula is C15H14ClN5. The molecule has 2 heterocycles. The number of nitrogens with zero attached hydrogens (tertiary/aromatic N) is 3. The number of nitriles is 1. The van der Waals surface area contributed by atoms with Crippen LogP contribution in [-0.2, 0) is 13.0 Å². The van der Waals surface area contributed by atoms with Crippen LogP contribution in [0.3, 0.4) is 0 Å². The van der Waals surface area contributed by atoms with Crippen molar-refractivity contribution in [3.8, 4) is 6.07 Å². The van der Waals surface area contributed by atoms with Gasteiger partial charge in [-0.05, 0) is 29.8 Å². The van der Waals surface area contributed by atoms with Gasteiger partial charge in [0.25, 0.3) is 0 Å². The quantitative estimate of drug-likeness (QED) is 0.843. The van der Waals surface area contributed by atoms with Gasteiger partial charge in [-0.2, -0.15) is 5.26 Å². The Morgan fingerprint density at radius 2 is 2.10 bits per heavy atom. The molecule has 1 aliphatic rings. The van der Waals surface area contributed by atoms with Gasteiger partial charge in [0.05, 0.1) is 28.0 Å². The third-order valence-electron chi connectivity index (χ3n) is 3.65. The zero-order chi connectivity index (χ0) is 15.0. The molecule has 0 atom stereocenters. The smallest absolute Gasteiger partial charge is 0.146 e. The lowest BCUT2D eigenvalue weighted by molar-refractivity contribution is 0.714. The summed E-state index contributed by atoms with van der Waals surface area (Å²) in [5.41, 5.74) is 15.6. The van der Waals surface area contributed by atoms with E-state index in [2.05, 4.69) is 16.0 Å². The Balaban J connectivity index is 1.93. The molecule has 0 saturated carbocycles. The molecule has 1 aromatic carbocycles. The van der Waals surface area contributed by atoms with Crippen LogP contribution < -0.4 is 16.4 Å². The molecule has 0 amide bonds. The average molecular weight is 300 g/mol. The van der Waals surface area contributed by atoms with E-state index in [0.717, 1.165) is 29.9 Å². The van der Waals surface area contributed by atoms with Crippen molar-refractivity contribution in [2.75, 3.05) is 22.9 Å². The number of pyridine rings is 1. The number of aromatic nitrogens is 1. The van der Waals surface area contributed by atoms with Crippen molar-refractivity contribution >= 4 is 28.8 Å². The first kappa shape index (κ1) is 13.5. The largest absolute Gasteiger partial charge is 0.396 e. The number of fused-ring (bicyclic) bond motifs is 1. The summed E-state index contributed by atoms with van der Waals surface area (Å²) >= 11 is 6.27. The van der Waals surface area contributed by atoms with Gasteiger partial charge in [-0.3, -0.25) is 0 Å². The number of benzene rings is 1. The van der Waals surface area contributed by atoms with Crippen molar-refractivity contribution in [1.82, 2.24) is 4.98 Å². The van der Waals surface area contributed by atoms with Gasteiger partial charge in [-0.25, -0.2) is 4.98 Å². The van der Waals surface area contributed by atoms with Gasteiger partial charge in [0.15, 0.2) is 0 Å². The molecule has 1 aromatic heterocycles. The number of rotatable bonds is 1. The topological polar surface area (TPSA) is 92.0 Å². The van der Waals surface area contributed by atoms with E-state index in [1.165, 1.54) is 0 Å². The predicted octanol–water partition coefficient (Wildman–Crippen LogP) is 2.33. The Morgan fingerprint density at radius 1 is 1.29 bits per heavy atom. The molecule has 0 spiro atoms. The van der Waals surface area contributed by atoms with Crippen LogP contribution in [-0.4, -0.2) is 11.5 Å². The van der Waals surface area contributed by atoms with Gasteiger partial charge in [0, 0.05) is 25.2 Å². The van der Waals surface area contributed by atoms with Crippen molar-refractivity contribution in [3.63, 3.8) is 0 Å². The highest BCUT2D eigenvalue weighted by molar-refractivity contribution is 6.33. The number of hydrogen-bond acceptors (Lipinski definition) is 5. The number of hydrogen-bond donors (Lipinski definition) is 2. The second-order valence-corrected chi connectivity index (χ2v) is 5.43. The Hall–Kier alpha value is -2.45. The first-order chi connectivity index (χ1) is 10.1. The van der Waals surface area contributed by atoms with Crippen LogP contribution in [0.15, 0.2) is 24.3 Å². The molecule has 0 saturated heterocycles. The number of nitrogen functional groups attached to an aromatic ring is 2. The predicted molar refractivity (Wildman–Crippen MR) is 84.0 cm³/mol. The number of halogens is 1. The van der Waals surface area contributed by atoms with Crippen molar-refractivity contribution in [2.45, 2.75) is 13.0 Å². The molecule has 4 N–H and O–H groups in total. The minimum Gasteiger partial charge on any atom is -0.396 e. The van der Waals surface area contributed by atoms with Crippen LogP contribution in [0.4, 0.5) is 17.2 Å². The molecule has 106 valence electrons. The van der Waals surface area contributed by atoms with E-state index >= 15 is 0 Å². The van der Waals surface area contributed by atoms with Crippen molar-refractivity contribution in [3.05, 3.63) is 46.1 Å². The SMILES string of the molecule is N#Cc1ccc(N2CCc3nc(N)c(N)cc3C2)c(Cl)c1. The molecular weight excluding hydrogens is 286 g/mol. The summed E-state index contributed by atoms with van der Waals surface area (Å²) in [7, 11) is 0. The minimum atomic E-state index is 0.388. The highest BCUT2D eigenvalue weighted by Gasteiger charge is 2.20. The van der Waals surface area contributed by atoms with E-state index in [1.807, 2.05) is 12.1 Å². The zero-order valence-electron chi connectivity index (χ0n) is 11.3. The Bertz CT molecular complexity index is 750. The summed E-state index contributed by atoms with van der Waals surface area (Å²) in [6, 6.07) is 9.29. The van der Waals surface area contributed by atoms with Gasteiger partial charge < -0.3 is 16.4 Å². The summed E-state index contributed by atoms with van der Waals surface area (Å²) in [5, 5.41) is 9.47. The van der Waals surface area contributed by atoms with E-state index in [-0.39, 0.29) is 0 Å². The molecule has 5 nitrogen and oxygen atoms in total. The summed E-state index contributed by atoms with van der Waals surface area (Å²) < 4.78 is 0. The zero-order valence-corrected chi connectivity index (χ0v) is 12.1. The maximum atomic E-state index is 8.89. The average Bonchev–Trinajstić information content (AvgIpc) is 2.48. The molecule has 0 radical (unpaired) electrons. The van der Waals surface area contributed by atoms with Crippen LogP contribution in [0.2, 0.25) is 5.02 Å². The third-order valence-corrected chi connectivity index (χ3v) is 3.95. The lowest BCUT2D eigenvalue weighted by atomic mass is 10.0. The first-order valence-corrected chi connectivity index (χ1v) is 6.94. The van der Waals surface area contributed by atoms with Crippen molar-refractivity contribution in [2.24, 2.45) is 0 Å². The summed E-state index contributed by atoms with van der Waals surface area (Å²) in [5.74, 6) is 0.388. The molecule has 2 aromatic rings. The van der Waals surface area contributed by atoms with Crippen LogP contribution in [0, 0.1) is 11.3 Å². The Kier molecular flexibility index (Phi) is 3.32. The summed E-state index contributed by atoms with van der Waals surface area (Å²) in [6.45, 7) is 1.48. The lowest BCUT2D eigenvalue weighted by Gasteiger charge is -2.31. The molecule has 21 heavy (non-hydrogen) atoms. The molecule has 0 bridgehead atoms. The Morgan fingerprint density at radius 3 is 2.81 bits per heavy atom. The number of anilines is 3. The third kappa shape index (κ3) is 2.46. The van der Waals surface area contributed by atoms with E-state index in [1.54, 1.807) is 12.1 Å². The van der Waals surface area contributed by atoms with E-state index in [4.69, 9.17) is 28.3 Å². The van der Waals surface area contributed by atoms with Gasteiger partial charge in [0.2, 0.25) is 0 Å². The fourth-order valence-corrected chi connectivity index (χ4v) is 2.84. The number of nitrogens with two attached hydrogens (primary N) is 2. The van der Waals surface area contributed by atoms with Crippen LogP contribution in [0.25, 0.3) is 0 Å². The van der Waals surface area contributed by atoms with Gasteiger partial charge in [-0.1, -0.05) is 11.6 Å². The van der Waals surface area contributed by atoms with Crippen molar-refractivity contribution in [1.29, 1.82) is 5.26 Å². The van der Waals surface area contributed by atoms with Crippen LogP contribution >= 0.6 is 11.6 Å². The highest BCUT2D eigenvalue weighted by atomic mass is 35.5. The van der Waals surface area contributed by atoms with Crippen molar-refractivity contribution < 1.29 is 0 Å². The fraction of sp³-hybridized carbons (Fsp3) is 0.200. The molecule has 3 rings (SSSR count). The molecule has 1 aliphatic heterocycles. The molecule has 6 heteroatoms.